The van der Waals surface area contributed by atoms with Crippen molar-refractivity contribution >= 4 is 12.4 Å². The van der Waals surface area contributed by atoms with Crippen molar-refractivity contribution in [2.75, 3.05) is 19.8 Å². The molecular weight excluding hydrogens is 240 g/mol. The summed E-state index contributed by atoms with van der Waals surface area (Å²) in [5.74, 6) is -0.512. The van der Waals surface area contributed by atoms with Gasteiger partial charge >= 0.3 is 0 Å². The Hall–Kier alpha value is 0.0300. The molecule has 0 bridgehead atoms. The summed E-state index contributed by atoms with van der Waals surface area (Å²) < 4.78 is 30.3. The van der Waals surface area contributed by atoms with Crippen LogP contribution in [-0.2, 0) is 4.74 Å². The van der Waals surface area contributed by atoms with Crippen molar-refractivity contribution in [2.45, 2.75) is 37.7 Å². The fourth-order valence-electron chi connectivity index (χ4n) is 2.09. The standard InChI is InChI=1S/C10H19F2NO2.ClH/c11-9(12)8-1-3-10(7-13,4-2-8)15-6-5-14;/h8-9,14H,1-7,13H2;1H. The molecule has 3 nitrogen and oxygen atoms in total. The van der Waals surface area contributed by atoms with E-state index in [0.717, 1.165) is 0 Å². The summed E-state index contributed by atoms with van der Waals surface area (Å²) in [5, 5.41) is 8.66. The molecule has 0 spiro atoms. The van der Waals surface area contributed by atoms with Crippen molar-refractivity contribution in [3.05, 3.63) is 0 Å². The first-order valence-corrected chi connectivity index (χ1v) is 5.36. The highest BCUT2D eigenvalue weighted by atomic mass is 35.5. The van der Waals surface area contributed by atoms with Gasteiger partial charge in [0.15, 0.2) is 0 Å². The maximum absolute atomic E-state index is 12.4. The molecule has 98 valence electrons. The summed E-state index contributed by atoms with van der Waals surface area (Å²) in [6.45, 7) is 0.513. The fourth-order valence-corrected chi connectivity index (χ4v) is 2.09. The summed E-state index contributed by atoms with van der Waals surface area (Å²) in [6.07, 6.45) is -0.184. The molecule has 0 heterocycles. The third kappa shape index (κ3) is 4.13. The summed E-state index contributed by atoms with van der Waals surface area (Å²) in [6, 6.07) is 0. The second-order valence-corrected chi connectivity index (χ2v) is 4.13. The van der Waals surface area contributed by atoms with Gasteiger partial charge < -0.3 is 15.6 Å². The highest BCUT2D eigenvalue weighted by Crippen LogP contribution is 2.36. The summed E-state index contributed by atoms with van der Waals surface area (Å²) in [7, 11) is 0. The third-order valence-electron chi connectivity index (χ3n) is 3.17. The molecule has 16 heavy (non-hydrogen) atoms. The summed E-state index contributed by atoms with van der Waals surface area (Å²) >= 11 is 0. The molecule has 0 aromatic rings. The van der Waals surface area contributed by atoms with Gasteiger partial charge in [-0.2, -0.15) is 0 Å². The molecule has 1 rings (SSSR count). The van der Waals surface area contributed by atoms with Crippen molar-refractivity contribution in [1.82, 2.24) is 0 Å². The van der Waals surface area contributed by atoms with E-state index in [1.165, 1.54) is 0 Å². The molecule has 0 aromatic heterocycles. The van der Waals surface area contributed by atoms with Crippen LogP contribution in [0.15, 0.2) is 0 Å². The Balaban J connectivity index is 0.00000225. The van der Waals surface area contributed by atoms with Gasteiger partial charge in [-0.15, -0.1) is 12.4 Å². The van der Waals surface area contributed by atoms with Crippen molar-refractivity contribution in [3.8, 4) is 0 Å². The predicted molar refractivity (Wildman–Crippen MR) is 60.0 cm³/mol. The van der Waals surface area contributed by atoms with Crippen molar-refractivity contribution in [3.63, 3.8) is 0 Å². The van der Waals surface area contributed by atoms with Crippen LogP contribution in [0.5, 0.6) is 0 Å². The van der Waals surface area contributed by atoms with Crippen molar-refractivity contribution in [2.24, 2.45) is 11.7 Å². The molecule has 0 saturated heterocycles. The molecule has 1 aliphatic rings. The highest BCUT2D eigenvalue weighted by Gasteiger charge is 2.37. The first-order chi connectivity index (χ1) is 7.13. The quantitative estimate of drug-likeness (QED) is 0.788. The van der Waals surface area contributed by atoms with E-state index in [0.29, 0.717) is 32.2 Å². The third-order valence-corrected chi connectivity index (χ3v) is 3.17. The van der Waals surface area contributed by atoms with Crippen molar-refractivity contribution in [1.29, 1.82) is 0 Å². The zero-order chi connectivity index (χ0) is 11.3. The lowest BCUT2D eigenvalue weighted by atomic mass is 9.79. The second-order valence-electron chi connectivity index (χ2n) is 4.13. The first-order valence-electron chi connectivity index (χ1n) is 5.36. The van der Waals surface area contributed by atoms with E-state index in [-0.39, 0.29) is 25.6 Å². The zero-order valence-electron chi connectivity index (χ0n) is 9.20. The van der Waals surface area contributed by atoms with E-state index in [4.69, 9.17) is 15.6 Å². The van der Waals surface area contributed by atoms with Crippen LogP contribution in [0.1, 0.15) is 25.7 Å². The molecule has 0 aromatic carbocycles. The molecule has 6 heteroatoms. The lowest BCUT2D eigenvalue weighted by Gasteiger charge is -2.39. The first kappa shape index (κ1) is 16.0. The largest absolute Gasteiger partial charge is 0.394 e. The van der Waals surface area contributed by atoms with E-state index in [2.05, 4.69) is 0 Å². The molecule has 1 aliphatic carbocycles. The maximum atomic E-state index is 12.4. The Morgan fingerprint density at radius 1 is 1.38 bits per heavy atom. The van der Waals surface area contributed by atoms with Gasteiger partial charge in [0.2, 0.25) is 6.43 Å². The smallest absolute Gasteiger partial charge is 0.241 e. The number of aliphatic hydroxyl groups excluding tert-OH is 1. The van der Waals surface area contributed by atoms with E-state index >= 15 is 0 Å². The Bertz CT molecular complexity index is 188. The molecular formula is C10H20ClF2NO2. The van der Waals surface area contributed by atoms with E-state index < -0.39 is 17.9 Å². The number of rotatable bonds is 5. The molecule has 0 atom stereocenters. The summed E-state index contributed by atoms with van der Waals surface area (Å²) in [4.78, 5) is 0. The van der Waals surface area contributed by atoms with Gasteiger partial charge in [-0.3, -0.25) is 0 Å². The van der Waals surface area contributed by atoms with Gasteiger partial charge in [0.25, 0.3) is 0 Å². The average molecular weight is 260 g/mol. The van der Waals surface area contributed by atoms with Crippen LogP contribution in [0.4, 0.5) is 8.78 Å². The van der Waals surface area contributed by atoms with Crippen LogP contribution in [-0.4, -0.2) is 36.9 Å². The van der Waals surface area contributed by atoms with E-state index in [1.807, 2.05) is 0 Å². The molecule has 1 fully saturated rings. The van der Waals surface area contributed by atoms with Crippen LogP contribution in [0, 0.1) is 5.92 Å². The van der Waals surface area contributed by atoms with Gasteiger partial charge in [0, 0.05) is 12.5 Å². The normalized spacial score (nSPS) is 30.2. The molecule has 0 unspecified atom stereocenters. The highest BCUT2D eigenvalue weighted by molar-refractivity contribution is 5.85. The minimum Gasteiger partial charge on any atom is -0.394 e. The van der Waals surface area contributed by atoms with Crippen LogP contribution in [0.3, 0.4) is 0 Å². The minimum absolute atomic E-state index is 0. The topological polar surface area (TPSA) is 55.5 Å². The number of hydrogen-bond acceptors (Lipinski definition) is 3. The minimum atomic E-state index is -2.24. The second kappa shape index (κ2) is 7.37. The molecule has 3 N–H and O–H groups in total. The Kier molecular flexibility index (Phi) is 7.39. The SMILES string of the molecule is Cl.NCC1(OCCO)CCC(C(F)F)CC1. The Morgan fingerprint density at radius 3 is 2.31 bits per heavy atom. The lowest BCUT2D eigenvalue weighted by Crippen LogP contribution is -2.45. The van der Waals surface area contributed by atoms with E-state index in [9.17, 15) is 8.78 Å². The van der Waals surface area contributed by atoms with Gasteiger partial charge in [-0.1, -0.05) is 0 Å². The Labute approximate surface area is 101 Å². The van der Waals surface area contributed by atoms with Gasteiger partial charge in [0.1, 0.15) is 0 Å². The van der Waals surface area contributed by atoms with Crippen molar-refractivity contribution < 1.29 is 18.6 Å². The number of ether oxygens (including phenoxy) is 1. The van der Waals surface area contributed by atoms with Crippen LogP contribution < -0.4 is 5.73 Å². The Morgan fingerprint density at radius 2 is 1.94 bits per heavy atom. The lowest BCUT2D eigenvalue weighted by molar-refractivity contribution is -0.0932. The summed E-state index contributed by atoms with van der Waals surface area (Å²) in [5.41, 5.74) is 5.13. The maximum Gasteiger partial charge on any atom is 0.241 e. The fraction of sp³-hybridized carbons (Fsp3) is 1.00. The average Bonchev–Trinajstić information content (AvgIpc) is 2.27. The van der Waals surface area contributed by atoms with Crippen LogP contribution >= 0.6 is 12.4 Å². The number of hydrogen-bond donors (Lipinski definition) is 2. The van der Waals surface area contributed by atoms with Gasteiger partial charge in [-0.25, -0.2) is 8.78 Å². The number of nitrogens with two attached hydrogens (primary N) is 1. The number of alkyl halides is 2. The monoisotopic (exact) mass is 259 g/mol. The van der Waals surface area contributed by atoms with Gasteiger partial charge in [0.05, 0.1) is 18.8 Å². The molecule has 0 amide bonds. The molecule has 0 radical (unpaired) electrons. The predicted octanol–water partition coefficient (Wildman–Crippen LogP) is 1.57. The van der Waals surface area contributed by atoms with Gasteiger partial charge in [-0.05, 0) is 25.7 Å². The molecule has 1 saturated carbocycles. The van der Waals surface area contributed by atoms with Crippen LogP contribution in [0.2, 0.25) is 0 Å². The van der Waals surface area contributed by atoms with Crippen LogP contribution in [0.25, 0.3) is 0 Å². The number of aliphatic hydroxyl groups is 1. The zero-order valence-corrected chi connectivity index (χ0v) is 10.0. The van der Waals surface area contributed by atoms with E-state index in [1.54, 1.807) is 0 Å². The molecule has 0 aliphatic heterocycles. The number of halogens is 3.